The van der Waals surface area contributed by atoms with Gasteiger partial charge in [0.1, 0.15) is 23.9 Å². The molecule has 0 unspecified atom stereocenters. The Morgan fingerprint density at radius 1 is 0.962 bits per heavy atom. The molecule has 0 radical (unpaired) electrons. The molecule has 1 aliphatic carbocycles. The van der Waals surface area contributed by atoms with E-state index >= 15 is 0 Å². The Morgan fingerprint density at radius 3 is 2.23 bits per heavy atom. The average molecular weight is 379 g/mol. The summed E-state index contributed by atoms with van der Waals surface area (Å²) in [6.45, 7) is 0.258. The van der Waals surface area contributed by atoms with Crippen molar-refractivity contribution in [3.63, 3.8) is 0 Å². The Kier molecular flexibility index (Phi) is 6.11. The highest BCUT2D eigenvalue weighted by Crippen LogP contribution is 2.24. The van der Waals surface area contributed by atoms with Crippen LogP contribution in [0, 0.1) is 5.82 Å². The molecule has 1 N–H and O–H groups in total. The molecule has 26 heavy (non-hydrogen) atoms. The molecule has 0 amide bonds. The summed E-state index contributed by atoms with van der Waals surface area (Å²) in [5.74, 6) is 0.827. The van der Waals surface area contributed by atoms with Gasteiger partial charge in [0.25, 0.3) is 0 Å². The highest BCUT2D eigenvalue weighted by molar-refractivity contribution is 7.89. The minimum atomic E-state index is -3.61. The molecule has 1 aliphatic rings. The summed E-state index contributed by atoms with van der Waals surface area (Å²) in [5.41, 5.74) is 0. The summed E-state index contributed by atoms with van der Waals surface area (Å²) in [7, 11) is -3.61. The molecule has 0 heterocycles. The van der Waals surface area contributed by atoms with Gasteiger partial charge in [-0.2, -0.15) is 0 Å². The van der Waals surface area contributed by atoms with Crippen molar-refractivity contribution in [3.8, 4) is 11.5 Å². The first kappa shape index (κ1) is 18.7. The van der Waals surface area contributed by atoms with Crippen LogP contribution in [0.25, 0.3) is 0 Å². The quantitative estimate of drug-likeness (QED) is 0.713. The van der Waals surface area contributed by atoms with E-state index in [-0.39, 0.29) is 30.0 Å². The fraction of sp³-hybridized carbons (Fsp3) is 0.368. The first-order chi connectivity index (χ1) is 12.5. The lowest BCUT2D eigenvalue weighted by Crippen LogP contribution is -2.28. The number of rotatable bonds is 8. The molecule has 7 heteroatoms. The Bertz CT molecular complexity index is 800. The second kappa shape index (κ2) is 8.51. The Morgan fingerprint density at radius 2 is 1.58 bits per heavy atom. The minimum absolute atomic E-state index is 0.111. The fourth-order valence-electron chi connectivity index (χ4n) is 2.86. The Balaban J connectivity index is 1.48. The van der Waals surface area contributed by atoms with Crippen molar-refractivity contribution in [1.29, 1.82) is 0 Å². The minimum Gasteiger partial charge on any atom is -0.492 e. The van der Waals surface area contributed by atoms with Crippen molar-refractivity contribution in [2.45, 2.75) is 36.7 Å². The normalized spacial score (nSPS) is 15.1. The van der Waals surface area contributed by atoms with Crippen molar-refractivity contribution in [3.05, 3.63) is 54.3 Å². The zero-order chi connectivity index (χ0) is 18.4. The van der Waals surface area contributed by atoms with Crippen molar-refractivity contribution < 1.29 is 22.3 Å². The van der Waals surface area contributed by atoms with E-state index in [0.717, 1.165) is 12.8 Å². The molecular formula is C19H22FNO4S. The molecule has 0 spiro atoms. The lowest BCUT2D eigenvalue weighted by molar-refractivity contribution is 0.210. The number of hydrogen-bond donors (Lipinski definition) is 1. The van der Waals surface area contributed by atoms with Crippen LogP contribution in [0.15, 0.2) is 53.4 Å². The second-order valence-corrected chi connectivity index (χ2v) is 7.96. The van der Waals surface area contributed by atoms with Gasteiger partial charge in [0.05, 0.1) is 11.0 Å². The number of benzene rings is 2. The molecule has 2 aromatic rings. The van der Waals surface area contributed by atoms with E-state index in [1.54, 1.807) is 12.1 Å². The molecular weight excluding hydrogens is 357 g/mol. The summed E-state index contributed by atoms with van der Waals surface area (Å²) < 4.78 is 51.1. The van der Waals surface area contributed by atoms with Gasteiger partial charge >= 0.3 is 0 Å². The Hall–Kier alpha value is -2.12. The molecule has 0 saturated heterocycles. The van der Waals surface area contributed by atoms with E-state index in [2.05, 4.69) is 4.72 Å². The van der Waals surface area contributed by atoms with Crippen LogP contribution in [0.4, 0.5) is 4.39 Å². The predicted molar refractivity (Wildman–Crippen MR) is 96.4 cm³/mol. The third kappa shape index (κ3) is 5.19. The third-order valence-corrected chi connectivity index (χ3v) is 5.69. The van der Waals surface area contributed by atoms with Crippen LogP contribution in [0.3, 0.4) is 0 Å². The van der Waals surface area contributed by atoms with Crippen LogP contribution in [0.1, 0.15) is 25.7 Å². The van der Waals surface area contributed by atoms with E-state index in [4.69, 9.17) is 9.47 Å². The van der Waals surface area contributed by atoms with E-state index in [0.29, 0.717) is 11.5 Å². The monoisotopic (exact) mass is 379 g/mol. The van der Waals surface area contributed by atoms with Gasteiger partial charge in [-0.25, -0.2) is 17.5 Å². The predicted octanol–water partition coefficient (Wildman–Crippen LogP) is 3.50. The van der Waals surface area contributed by atoms with Crippen molar-refractivity contribution >= 4 is 10.0 Å². The standard InChI is InChI=1S/C19H22FNO4S/c20-15-5-7-16(8-6-15)24-14-13-21-26(22,23)19-11-9-18(10-12-19)25-17-3-1-2-4-17/h5-12,17,21H,1-4,13-14H2. The van der Waals surface area contributed by atoms with E-state index in [1.807, 2.05) is 0 Å². The molecule has 1 saturated carbocycles. The molecule has 140 valence electrons. The number of halogens is 1. The molecule has 0 atom stereocenters. The molecule has 0 aromatic heterocycles. The van der Waals surface area contributed by atoms with Crippen molar-refractivity contribution in [2.75, 3.05) is 13.2 Å². The van der Waals surface area contributed by atoms with Gasteiger partial charge in [-0.15, -0.1) is 0 Å². The van der Waals surface area contributed by atoms with Gasteiger partial charge in [0.2, 0.25) is 10.0 Å². The van der Waals surface area contributed by atoms with Crippen molar-refractivity contribution in [2.24, 2.45) is 0 Å². The molecule has 2 aromatic carbocycles. The lowest BCUT2D eigenvalue weighted by atomic mass is 10.3. The van der Waals surface area contributed by atoms with Crippen LogP contribution in [0.2, 0.25) is 0 Å². The number of ether oxygens (including phenoxy) is 2. The van der Waals surface area contributed by atoms with Crippen LogP contribution >= 0.6 is 0 Å². The Labute approximate surface area is 153 Å². The SMILES string of the molecule is O=S(=O)(NCCOc1ccc(F)cc1)c1ccc(OC2CCCC2)cc1. The maximum atomic E-state index is 12.8. The number of nitrogens with one attached hydrogen (secondary N) is 1. The second-order valence-electron chi connectivity index (χ2n) is 6.20. The van der Waals surface area contributed by atoms with E-state index in [1.165, 1.54) is 49.2 Å². The fourth-order valence-corrected chi connectivity index (χ4v) is 3.87. The average Bonchev–Trinajstić information content (AvgIpc) is 3.14. The molecule has 0 bridgehead atoms. The first-order valence-electron chi connectivity index (χ1n) is 8.68. The summed E-state index contributed by atoms with van der Waals surface area (Å²) in [6, 6.07) is 12.0. The smallest absolute Gasteiger partial charge is 0.240 e. The summed E-state index contributed by atoms with van der Waals surface area (Å²) in [4.78, 5) is 0.179. The molecule has 3 rings (SSSR count). The van der Waals surface area contributed by atoms with Crippen LogP contribution in [0.5, 0.6) is 11.5 Å². The van der Waals surface area contributed by atoms with Gasteiger partial charge < -0.3 is 9.47 Å². The van der Waals surface area contributed by atoms with E-state index in [9.17, 15) is 12.8 Å². The van der Waals surface area contributed by atoms with Gasteiger partial charge in [0.15, 0.2) is 0 Å². The summed E-state index contributed by atoms with van der Waals surface area (Å²) in [6.07, 6.45) is 4.70. The number of hydrogen-bond acceptors (Lipinski definition) is 4. The molecule has 1 fully saturated rings. The topological polar surface area (TPSA) is 64.6 Å². The van der Waals surface area contributed by atoms with Crippen molar-refractivity contribution in [1.82, 2.24) is 4.72 Å². The van der Waals surface area contributed by atoms with Crippen LogP contribution in [-0.4, -0.2) is 27.7 Å². The van der Waals surface area contributed by atoms with Gasteiger partial charge in [-0.1, -0.05) is 0 Å². The molecule has 5 nitrogen and oxygen atoms in total. The zero-order valence-corrected chi connectivity index (χ0v) is 15.2. The maximum absolute atomic E-state index is 12.8. The van der Waals surface area contributed by atoms with E-state index < -0.39 is 10.0 Å². The first-order valence-corrected chi connectivity index (χ1v) is 10.2. The number of sulfonamides is 1. The van der Waals surface area contributed by atoms with Gasteiger partial charge in [0, 0.05) is 6.54 Å². The molecule has 0 aliphatic heterocycles. The lowest BCUT2D eigenvalue weighted by Gasteiger charge is -2.13. The van der Waals surface area contributed by atoms with Gasteiger partial charge in [-0.05, 0) is 74.2 Å². The highest BCUT2D eigenvalue weighted by atomic mass is 32.2. The van der Waals surface area contributed by atoms with Gasteiger partial charge in [-0.3, -0.25) is 0 Å². The van der Waals surface area contributed by atoms with Crippen LogP contribution < -0.4 is 14.2 Å². The highest BCUT2D eigenvalue weighted by Gasteiger charge is 2.17. The third-order valence-electron chi connectivity index (χ3n) is 4.22. The zero-order valence-electron chi connectivity index (χ0n) is 14.4. The summed E-state index contributed by atoms with van der Waals surface area (Å²) >= 11 is 0. The summed E-state index contributed by atoms with van der Waals surface area (Å²) in [5, 5.41) is 0. The van der Waals surface area contributed by atoms with Crippen LogP contribution in [-0.2, 0) is 10.0 Å². The largest absolute Gasteiger partial charge is 0.492 e. The maximum Gasteiger partial charge on any atom is 0.240 e.